The zero-order chi connectivity index (χ0) is 36.1. The number of carbonyl (C=O) groups excluding carboxylic acids is 4. The second-order valence-corrected chi connectivity index (χ2v) is 13.2. The van der Waals surface area contributed by atoms with Crippen LogP contribution in [-0.2, 0) is 35.3 Å². The molecule has 1 fully saturated rings. The van der Waals surface area contributed by atoms with Gasteiger partial charge in [0.25, 0.3) is 0 Å². The number of anilines is 1. The van der Waals surface area contributed by atoms with Crippen LogP contribution in [0.5, 0.6) is 5.75 Å². The first-order chi connectivity index (χ1) is 22.6. The van der Waals surface area contributed by atoms with Crippen molar-refractivity contribution in [1.82, 2.24) is 15.5 Å². The minimum Gasteiger partial charge on any atom is -0.479 e. The molecule has 1 saturated heterocycles. The van der Waals surface area contributed by atoms with Crippen molar-refractivity contribution in [1.29, 1.82) is 0 Å². The van der Waals surface area contributed by atoms with Gasteiger partial charge in [-0.05, 0) is 43.0 Å². The van der Waals surface area contributed by atoms with E-state index in [0.29, 0.717) is 18.5 Å². The molecule has 0 saturated carbocycles. The number of carboxylic acid groups (broad SMARTS) is 1. The lowest BCUT2D eigenvalue weighted by Gasteiger charge is -2.32. The van der Waals surface area contributed by atoms with Crippen molar-refractivity contribution in [2.45, 2.75) is 102 Å². The molecule has 1 aliphatic rings. The summed E-state index contributed by atoms with van der Waals surface area (Å²) < 4.78 is 11.4. The van der Waals surface area contributed by atoms with Gasteiger partial charge < -0.3 is 47.1 Å². The number of ether oxygens (including phenoxy) is 2. The Morgan fingerprint density at radius 2 is 1.83 bits per heavy atom. The van der Waals surface area contributed by atoms with Gasteiger partial charge in [-0.3, -0.25) is 24.1 Å². The topological polar surface area (TPSA) is 236 Å². The predicted octanol–water partition coefficient (Wildman–Crippen LogP) is 0.581. The van der Waals surface area contributed by atoms with Gasteiger partial charge in [-0.25, -0.2) is 4.79 Å². The van der Waals surface area contributed by atoms with Crippen LogP contribution in [0.25, 0.3) is 0 Å². The summed E-state index contributed by atoms with van der Waals surface area (Å²) in [7, 11) is 1.75. The van der Waals surface area contributed by atoms with E-state index < -0.39 is 65.4 Å². The summed E-state index contributed by atoms with van der Waals surface area (Å²) in [5.41, 5.74) is 12.3. The summed E-state index contributed by atoms with van der Waals surface area (Å²) in [6.45, 7) is 7.86. The summed E-state index contributed by atoms with van der Waals surface area (Å²) >= 11 is 4.35. The molecule has 16 heteroatoms. The number of aliphatic hydroxyl groups is 1. The van der Waals surface area contributed by atoms with E-state index in [-0.39, 0.29) is 55.6 Å². The number of primary amides is 1. The Morgan fingerprint density at radius 3 is 2.42 bits per heavy atom. The normalized spacial score (nSPS) is 20.3. The molecule has 7 atom stereocenters. The average molecular weight is 697 g/mol. The summed E-state index contributed by atoms with van der Waals surface area (Å²) in [4.78, 5) is 63.7. The molecule has 0 aromatic heterocycles. The summed E-state index contributed by atoms with van der Waals surface area (Å²) in [5.74, 6) is -2.78. The zero-order valence-corrected chi connectivity index (χ0v) is 29.2. The molecule has 15 nitrogen and oxygen atoms in total. The van der Waals surface area contributed by atoms with Gasteiger partial charge in [-0.15, -0.1) is 0 Å². The summed E-state index contributed by atoms with van der Waals surface area (Å²) in [6, 6.07) is 3.37. The zero-order valence-electron chi connectivity index (χ0n) is 28.3. The van der Waals surface area contributed by atoms with Gasteiger partial charge in [-0.2, -0.15) is 12.6 Å². The Hall–Kier alpha value is -3.44. The lowest BCUT2D eigenvalue weighted by molar-refractivity contribution is -0.195. The second kappa shape index (κ2) is 19.5. The fourth-order valence-corrected chi connectivity index (χ4v) is 5.78. The van der Waals surface area contributed by atoms with Crippen LogP contribution < -0.4 is 32.2 Å². The highest BCUT2D eigenvalue weighted by Gasteiger charge is 2.34. The van der Waals surface area contributed by atoms with E-state index in [0.717, 1.165) is 6.42 Å². The number of nitrogens with zero attached hydrogens (tertiary/aromatic N) is 1. The smallest absolute Gasteiger partial charge is 0.333 e. The van der Waals surface area contributed by atoms with Crippen LogP contribution in [0.3, 0.4) is 0 Å². The minimum absolute atomic E-state index is 0.00676. The van der Waals surface area contributed by atoms with E-state index in [1.165, 1.54) is 0 Å². The van der Waals surface area contributed by atoms with Gasteiger partial charge in [0.2, 0.25) is 29.9 Å². The monoisotopic (exact) mass is 696 g/mol. The van der Waals surface area contributed by atoms with Gasteiger partial charge in [0.1, 0.15) is 11.8 Å². The Labute approximate surface area is 287 Å². The van der Waals surface area contributed by atoms with Gasteiger partial charge in [0, 0.05) is 38.9 Å². The number of nitrogens with one attached hydrogen (secondary N) is 3. The number of aliphatic hydroxyl groups excluding tert-OH is 1. The first-order valence-corrected chi connectivity index (χ1v) is 16.7. The first-order valence-electron chi connectivity index (χ1n) is 16.2. The highest BCUT2D eigenvalue weighted by molar-refractivity contribution is 7.81. The molecule has 7 unspecified atom stereocenters. The lowest BCUT2D eigenvalue weighted by Crippen LogP contribution is -2.52. The van der Waals surface area contributed by atoms with E-state index in [4.69, 9.17) is 20.9 Å². The fraction of sp³-hybridized carbons (Fsp3) is 0.656. The van der Waals surface area contributed by atoms with Crippen molar-refractivity contribution in [2.75, 3.05) is 25.5 Å². The molecule has 48 heavy (non-hydrogen) atoms. The largest absolute Gasteiger partial charge is 0.479 e. The molecule has 4 amide bonds. The number of rotatable bonds is 19. The van der Waals surface area contributed by atoms with Crippen LogP contribution in [0.15, 0.2) is 18.2 Å². The predicted molar refractivity (Wildman–Crippen MR) is 182 cm³/mol. The summed E-state index contributed by atoms with van der Waals surface area (Å²) in [5, 5.41) is 27.0. The van der Waals surface area contributed by atoms with E-state index in [1.54, 1.807) is 30.1 Å². The van der Waals surface area contributed by atoms with E-state index in [9.17, 15) is 34.2 Å². The van der Waals surface area contributed by atoms with E-state index in [1.807, 2.05) is 27.7 Å². The Morgan fingerprint density at radius 1 is 1.15 bits per heavy atom. The number of benzene rings is 1. The molecule has 0 spiro atoms. The third kappa shape index (κ3) is 12.9. The number of nitrogens with two attached hydrogens (primary N) is 2. The van der Waals surface area contributed by atoms with Crippen molar-refractivity contribution < 1.29 is 43.7 Å². The maximum atomic E-state index is 13.0. The molecule has 0 aliphatic carbocycles. The summed E-state index contributed by atoms with van der Waals surface area (Å²) in [6.07, 6.45) is -2.15. The number of thiol groups is 1. The van der Waals surface area contributed by atoms with E-state index >= 15 is 0 Å². The van der Waals surface area contributed by atoms with E-state index in [2.05, 4.69) is 28.6 Å². The van der Waals surface area contributed by atoms with Gasteiger partial charge >= 0.3 is 5.97 Å². The molecule has 0 bridgehead atoms. The average Bonchev–Trinajstić information content (AvgIpc) is 2.99. The highest BCUT2D eigenvalue weighted by atomic mass is 32.1. The molecule has 270 valence electrons. The highest BCUT2D eigenvalue weighted by Crippen LogP contribution is 2.31. The molecule has 1 aliphatic heterocycles. The third-order valence-electron chi connectivity index (χ3n) is 8.09. The standard InChI is InChI=1S/C32H52N6O9S/c1-6-18(4)11-25(48)31(43)37-22(15-33)30(42)35-10-9-26(40)36-21-12-19(16-38(5)28(17(2)3)29(34)41)7-8-23(21)46-27-14-20(39)13-24(47-27)32(44)45/h7-8,12,17-18,20,22,24-25,27-28,39,48H,6,9-11,13-16,33H2,1-5H3,(H2,34,41)(H,35,42)(H,36,40)(H,37,43)(H,44,45). The SMILES string of the molecule is CCC(C)CC(S)C(=O)NC(CN)C(=O)NCCC(=O)Nc1cc(CN(C)C(C(N)=O)C(C)C)ccc1OC1CC(O)CC(C(=O)O)O1. The fourth-order valence-electron chi connectivity index (χ4n) is 5.34. The second-order valence-electron chi connectivity index (χ2n) is 12.6. The number of likely N-dealkylation sites (N-methyl/N-ethyl adjacent to an activating group) is 1. The minimum atomic E-state index is -1.27. The maximum absolute atomic E-state index is 13.0. The molecule has 1 aromatic carbocycles. The van der Waals surface area contributed by atoms with Crippen LogP contribution >= 0.6 is 12.6 Å². The number of amides is 4. The number of hydrogen-bond donors (Lipinski definition) is 8. The number of hydrogen-bond acceptors (Lipinski definition) is 11. The van der Waals surface area contributed by atoms with Crippen LogP contribution in [0.4, 0.5) is 5.69 Å². The quantitative estimate of drug-likeness (QED) is 0.0932. The van der Waals surface area contributed by atoms with Crippen molar-refractivity contribution in [3.05, 3.63) is 23.8 Å². The maximum Gasteiger partial charge on any atom is 0.333 e. The molecule has 1 aromatic rings. The molecular formula is C32H52N6O9S. The Kier molecular flexibility index (Phi) is 16.6. The molecule has 9 N–H and O–H groups in total. The van der Waals surface area contributed by atoms with Crippen LogP contribution in [-0.4, -0.2) is 101 Å². The van der Waals surface area contributed by atoms with Crippen molar-refractivity contribution in [2.24, 2.45) is 23.3 Å². The van der Waals surface area contributed by atoms with Gasteiger partial charge in [-0.1, -0.05) is 40.2 Å². The van der Waals surface area contributed by atoms with Crippen LogP contribution in [0.2, 0.25) is 0 Å². The molecule has 0 radical (unpaired) electrons. The van der Waals surface area contributed by atoms with Crippen LogP contribution in [0, 0.1) is 11.8 Å². The van der Waals surface area contributed by atoms with Gasteiger partial charge in [0.15, 0.2) is 6.10 Å². The number of aliphatic carboxylic acids is 1. The first kappa shape index (κ1) is 40.7. The Bertz CT molecular complexity index is 1270. The lowest BCUT2D eigenvalue weighted by atomic mass is 10.0. The van der Waals surface area contributed by atoms with Crippen molar-refractivity contribution >= 4 is 47.9 Å². The number of carbonyl (C=O) groups is 5. The number of carboxylic acids is 1. The Balaban J connectivity index is 2.14. The van der Waals surface area contributed by atoms with Crippen LogP contribution in [0.1, 0.15) is 65.4 Å². The molecule has 2 rings (SSSR count). The van der Waals surface area contributed by atoms with Crippen molar-refractivity contribution in [3.8, 4) is 5.75 Å². The van der Waals surface area contributed by atoms with Gasteiger partial charge in [0.05, 0.1) is 23.1 Å². The third-order valence-corrected chi connectivity index (χ3v) is 8.54. The molecular weight excluding hydrogens is 644 g/mol. The van der Waals surface area contributed by atoms with Crippen molar-refractivity contribution in [3.63, 3.8) is 0 Å². The molecule has 1 heterocycles.